The summed E-state index contributed by atoms with van der Waals surface area (Å²) in [7, 11) is 0. The van der Waals surface area contributed by atoms with Crippen LogP contribution in [0.15, 0.2) is 30.6 Å². The molecule has 2 aromatic rings. The maximum Gasteiger partial charge on any atom is 0.109 e. The van der Waals surface area contributed by atoms with E-state index < -0.39 is 0 Å². The van der Waals surface area contributed by atoms with Gasteiger partial charge in [0, 0.05) is 18.3 Å². The van der Waals surface area contributed by atoms with Crippen molar-refractivity contribution in [1.82, 2.24) is 9.97 Å². The molecule has 5 unspecified atom stereocenters. The molecule has 3 nitrogen and oxygen atoms in total. The molecule has 5 atom stereocenters. The number of nitrogens with one attached hydrogen (secondary N) is 1. The van der Waals surface area contributed by atoms with E-state index in [-0.39, 0.29) is 6.61 Å². The van der Waals surface area contributed by atoms with Gasteiger partial charge in [0.1, 0.15) is 5.82 Å². The van der Waals surface area contributed by atoms with Gasteiger partial charge in [-0.2, -0.15) is 0 Å². The normalized spacial score (nSPS) is 36.6. The highest BCUT2D eigenvalue weighted by atomic mass is 16.3. The first kappa shape index (κ1) is 15.6. The molecule has 25 heavy (non-hydrogen) atoms. The van der Waals surface area contributed by atoms with Gasteiger partial charge in [-0.25, -0.2) is 4.98 Å². The minimum absolute atomic E-state index is 0.160. The number of fused-ring (bicyclic) bond motifs is 5. The molecule has 0 saturated heterocycles. The number of nitrogens with zero attached hydrogens (tertiary/aromatic N) is 1. The molecule has 1 aromatic heterocycles. The molecular weight excluding hydrogens is 308 g/mol. The summed E-state index contributed by atoms with van der Waals surface area (Å²) in [4.78, 5) is 8.02. The van der Waals surface area contributed by atoms with Gasteiger partial charge in [0.05, 0.1) is 6.61 Å². The zero-order valence-corrected chi connectivity index (χ0v) is 15.0. The molecule has 0 bridgehead atoms. The summed E-state index contributed by atoms with van der Waals surface area (Å²) in [6, 6.07) is 6.70. The lowest BCUT2D eigenvalue weighted by molar-refractivity contribution is 0.0466. The average Bonchev–Trinajstić information content (AvgIpc) is 3.27. The first-order valence-electron chi connectivity index (χ1n) is 9.92. The van der Waals surface area contributed by atoms with Gasteiger partial charge < -0.3 is 10.1 Å². The van der Waals surface area contributed by atoms with E-state index in [1.807, 2.05) is 12.4 Å². The molecule has 0 aliphatic heterocycles. The third-order valence-electron chi connectivity index (χ3n) is 7.82. The number of H-pyrrole nitrogens is 1. The van der Waals surface area contributed by atoms with Crippen LogP contribution >= 0.6 is 0 Å². The molecule has 2 N–H and O–H groups in total. The van der Waals surface area contributed by atoms with Crippen LogP contribution in [-0.4, -0.2) is 15.1 Å². The maximum atomic E-state index is 9.44. The van der Waals surface area contributed by atoms with Crippen LogP contribution < -0.4 is 0 Å². The number of rotatable bonds is 2. The van der Waals surface area contributed by atoms with Crippen LogP contribution in [0, 0.1) is 17.3 Å². The monoisotopic (exact) mass is 336 g/mol. The Bertz CT molecular complexity index is 768. The number of aliphatic hydroxyl groups excluding tert-OH is 1. The van der Waals surface area contributed by atoms with Gasteiger partial charge in [-0.05, 0) is 78.4 Å². The van der Waals surface area contributed by atoms with Gasteiger partial charge in [-0.3, -0.25) is 0 Å². The van der Waals surface area contributed by atoms with Gasteiger partial charge in [0.15, 0.2) is 0 Å². The Morgan fingerprint density at radius 1 is 1.24 bits per heavy atom. The number of aromatic nitrogens is 2. The number of hydrogen-bond acceptors (Lipinski definition) is 2. The highest BCUT2D eigenvalue weighted by Gasteiger charge is 2.55. The summed E-state index contributed by atoms with van der Waals surface area (Å²) >= 11 is 0. The van der Waals surface area contributed by atoms with Crippen LogP contribution in [0.4, 0.5) is 0 Å². The second-order valence-electron chi connectivity index (χ2n) is 8.76. The largest absolute Gasteiger partial charge is 0.392 e. The van der Waals surface area contributed by atoms with E-state index in [4.69, 9.17) is 0 Å². The third-order valence-corrected chi connectivity index (χ3v) is 7.82. The van der Waals surface area contributed by atoms with Crippen molar-refractivity contribution >= 4 is 0 Å². The number of benzene rings is 1. The summed E-state index contributed by atoms with van der Waals surface area (Å²) in [5.41, 5.74) is 4.55. The molecule has 0 amide bonds. The van der Waals surface area contributed by atoms with Crippen LogP contribution in [-0.2, 0) is 13.0 Å². The van der Waals surface area contributed by atoms with E-state index >= 15 is 0 Å². The van der Waals surface area contributed by atoms with Crippen molar-refractivity contribution in [3.8, 4) is 0 Å². The Hall–Kier alpha value is -1.61. The SMILES string of the molecule is CC12CCC3c4ccc(CO)cc4CCC3C1CCC2c1ncc[nH]1. The Morgan fingerprint density at radius 3 is 2.96 bits per heavy atom. The molecule has 0 spiro atoms. The molecule has 2 fully saturated rings. The van der Waals surface area contributed by atoms with Crippen molar-refractivity contribution in [2.75, 3.05) is 0 Å². The van der Waals surface area contributed by atoms with Crippen molar-refractivity contribution in [3.63, 3.8) is 0 Å². The lowest BCUT2D eigenvalue weighted by Gasteiger charge is -2.50. The topological polar surface area (TPSA) is 48.9 Å². The highest BCUT2D eigenvalue weighted by molar-refractivity contribution is 5.38. The summed E-state index contributed by atoms with van der Waals surface area (Å²) in [6.07, 6.45) is 11.6. The minimum atomic E-state index is 0.160. The van der Waals surface area contributed by atoms with Gasteiger partial charge in [0.2, 0.25) is 0 Å². The molecule has 0 radical (unpaired) electrons. The lowest BCUT2D eigenvalue weighted by atomic mass is 9.54. The number of imidazole rings is 1. The predicted octanol–water partition coefficient (Wildman–Crippen LogP) is 4.54. The quantitative estimate of drug-likeness (QED) is 0.846. The lowest BCUT2D eigenvalue weighted by Crippen LogP contribution is -2.41. The number of hydrogen-bond donors (Lipinski definition) is 2. The van der Waals surface area contributed by atoms with Crippen LogP contribution in [0.3, 0.4) is 0 Å². The number of aryl methyl sites for hydroxylation is 1. The van der Waals surface area contributed by atoms with E-state index in [1.165, 1.54) is 49.9 Å². The second kappa shape index (κ2) is 5.70. The second-order valence-corrected chi connectivity index (χ2v) is 8.76. The fraction of sp³-hybridized carbons (Fsp3) is 0.591. The van der Waals surface area contributed by atoms with E-state index in [2.05, 4.69) is 35.1 Å². The summed E-state index contributed by atoms with van der Waals surface area (Å²) < 4.78 is 0. The zero-order chi connectivity index (χ0) is 17.0. The van der Waals surface area contributed by atoms with Crippen molar-refractivity contribution < 1.29 is 5.11 Å². The molecule has 3 heteroatoms. The molecule has 3 aliphatic carbocycles. The average molecular weight is 336 g/mol. The van der Waals surface area contributed by atoms with Crippen molar-refractivity contribution in [3.05, 3.63) is 53.1 Å². The Morgan fingerprint density at radius 2 is 2.16 bits per heavy atom. The molecule has 2 saturated carbocycles. The Kier molecular flexibility index (Phi) is 3.56. The first-order chi connectivity index (χ1) is 12.2. The summed E-state index contributed by atoms with van der Waals surface area (Å²) in [5.74, 6) is 4.20. The molecule has 1 heterocycles. The number of aromatic amines is 1. The van der Waals surface area contributed by atoms with Gasteiger partial charge >= 0.3 is 0 Å². The molecule has 5 rings (SSSR count). The number of aliphatic hydroxyl groups is 1. The summed E-state index contributed by atoms with van der Waals surface area (Å²) in [6.45, 7) is 2.70. The maximum absolute atomic E-state index is 9.44. The zero-order valence-electron chi connectivity index (χ0n) is 15.0. The standard InChI is InChI=1S/C22H28N2O/c1-22-9-8-17-16-4-2-14(13-25)12-15(16)3-5-18(17)19(22)6-7-20(22)21-23-10-11-24-21/h2,4,10-12,17-20,25H,3,5-9,13H2,1H3,(H,23,24). The third kappa shape index (κ3) is 2.25. The smallest absolute Gasteiger partial charge is 0.109 e. The van der Waals surface area contributed by atoms with Crippen LogP contribution in [0.5, 0.6) is 0 Å². The fourth-order valence-corrected chi connectivity index (χ4v) is 6.65. The van der Waals surface area contributed by atoms with E-state index in [0.29, 0.717) is 11.3 Å². The van der Waals surface area contributed by atoms with Crippen molar-refractivity contribution in [2.24, 2.45) is 17.3 Å². The Labute approximate surface area is 149 Å². The predicted molar refractivity (Wildman–Crippen MR) is 98.3 cm³/mol. The van der Waals surface area contributed by atoms with Gasteiger partial charge in [-0.15, -0.1) is 0 Å². The van der Waals surface area contributed by atoms with Crippen LogP contribution in [0.1, 0.15) is 73.4 Å². The van der Waals surface area contributed by atoms with Crippen LogP contribution in [0.25, 0.3) is 0 Å². The summed E-state index contributed by atoms with van der Waals surface area (Å²) in [5, 5.41) is 9.44. The fourth-order valence-electron chi connectivity index (χ4n) is 6.65. The van der Waals surface area contributed by atoms with Gasteiger partial charge in [0.25, 0.3) is 0 Å². The van der Waals surface area contributed by atoms with E-state index in [1.54, 1.807) is 5.56 Å². The minimum Gasteiger partial charge on any atom is -0.392 e. The van der Waals surface area contributed by atoms with Crippen molar-refractivity contribution in [1.29, 1.82) is 0 Å². The first-order valence-corrected chi connectivity index (χ1v) is 9.92. The Balaban J connectivity index is 1.47. The van der Waals surface area contributed by atoms with Gasteiger partial charge in [-0.1, -0.05) is 25.1 Å². The van der Waals surface area contributed by atoms with E-state index in [9.17, 15) is 5.11 Å². The molecular formula is C22H28N2O. The highest BCUT2D eigenvalue weighted by Crippen LogP contribution is 2.65. The van der Waals surface area contributed by atoms with Crippen LogP contribution in [0.2, 0.25) is 0 Å². The van der Waals surface area contributed by atoms with Crippen molar-refractivity contribution in [2.45, 2.75) is 63.9 Å². The molecule has 3 aliphatic rings. The molecule has 1 aromatic carbocycles. The van der Waals surface area contributed by atoms with E-state index in [0.717, 1.165) is 23.3 Å². The molecule has 132 valence electrons.